The number of nitrogens with zero attached hydrogens (tertiary/aromatic N) is 2. The van der Waals surface area contributed by atoms with Crippen molar-refractivity contribution in [2.24, 2.45) is 0 Å². The minimum atomic E-state index is -1.36. The smallest absolute Gasteiger partial charge is 0.875 e. The van der Waals surface area contributed by atoms with Crippen LogP contribution in [0, 0.1) is 0 Å². The number of carboxylic acids is 3. The van der Waals surface area contributed by atoms with Crippen LogP contribution in [0.3, 0.4) is 0 Å². The van der Waals surface area contributed by atoms with Crippen molar-refractivity contribution < 1.29 is 72.5 Å². The maximum absolute atomic E-state index is 12.0. The molecule has 0 bridgehead atoms. The van der Waals surface area contributed by atoms with Crippen molar-refractivity contribution in [2.75, 3.05) is 19.6 Å². The summed E-state index contributed by atoms with van der Waals surface area (Å²) < 4.78 is 0. The fourth-order valence-corrected chi connectivity index (χ4v) is 2.38. The number of hydrogen-bond donors (Lipinski definition) is 2. The molecule has 0 aromatic heterocycles. The van der Waals surface area contributed by atoms with E-state index in [4.69, 9.17) is 0 Å². The molecular weight excluding hydrogens is 358 g/mol. The number of carbonyl (C=O) groups excluding carboxylic acids is 1. The zero-order chi connectivity index (χ0) is 20.4. The average molecular weight is 386 g/mol. The Morgan fingerprint density at radius 1 is 0.929 bits per heavy atom. The molecule has 0 saturated heterocycles. The van der Waals surface area contributed by atoms with Crippen LogP contribution in [0.2, 0.25) is 0 Å². The first-order chi connectivity index (χ1) is 12.0. The second kappa shape index (κ2) is 15.9. The number of aliphatic carboxylic acids is 3. The summed E-state index contributed by atoms with van der Waals surface area (Å²) in [5.41, 5.74) is 0. The first kappa shape index (κ1) is 31.8. The Hall–Kier alpha value is -0.935. The van der Waals surface area contributed by atoms with E-state index in [2.05, 4.69) is 0 Å². The van der Waals surface area contributed by atoms with Crippen LogP contribution in [-0.2, 0) is 14.4 Å². The Bertz CT molecular complexity index is 512. The van der Waals surface area contributed by atoms with Gasteiger partial charge in [0.1, 0.15) is 12.1 Å². The van der Waals surface area contributed by atoms with Crippen LogP contribution in [0.25, 0.3) is 0 Å². The minimum absolute atomic E-state index is 0. The van der Waals surface area contributed by atoms with Gasteiger partial charge in [-0.3, -0.25) is 19.4 Å². The van der Waals surface area contributed by atoms with Gasteiger partial charge in [0.25, 0.3) is 0 Å². The zero-order valence-electron chi connectivity index (χ0n) is 17.7. The molecule has 150 valence electrons. The molecule has 0 fully saturated rings. The van der Waals surface area contributed by atoms with E-state index in [1.165, 1.54) is 36.6 Å². The van der Waals surface area contributed by atoms with E-state index in [1.54, 1.807) is 0 Å². The summed E-state index contributed by atoms with van der Waals surface area (Å²) in [5, 5.41) is 41.5. The van der Waals surface area contributed by atoms with E-state index in [9.17, 15) is 34.8 Å². The van der Waals surface area contributed by atoms with Gasteiger partial charge < -0.3 is 25.2 Å². The summed E-state index contributed by atoms with van der Waals surface area (Å²) in [5.74, 6) is -3.99. The summed E-state index contributed by atoms with van der Waals surface area (Å²) in [6.07, 6.45) is 2.83. The number of unbranched alkanes of at least 4 members (excludes halogenated alkanes) is 1. The Labute approximate surface area is 190 Å². The van der Waals surface area contributed by atoms with Gasteiger partial charge in [-0.1, -0.05) is 19.4 Å². The second-order valence-corrected chi connectivity index (χ2v) is 6.19. The van der Waals surface area contributed by atoms with Gasteiger partial charge in [-0.2, -0.15) is 0 Å². The van der Waals surface area contributed by atoms with E-state index >= 15 is 0 Å². The predicted octanol–water partition coefficient (Wildman–Crippen LogP) is -7.27. The van der Waals surface area contributed by atoms with Crippen molar-refractivity contribution in [1.29, 1.82) is 0 Å². The van der Waals surface area contributed by atoms with Crippen molar-refractivity contribution in [2.45, 2.75) is 58.7 Å². The summed E-state index contributed by atoms with van der Waals surface area (Å²) in [7, 11) is 0. The average Bonchev–Trinajstić information content (AvgIpc) is 2.57. The summed E-state index contributed by atoms with van der Waals surface area (Å²) in [6, 6.07) is -3.23. The largest absolute Gasteiger partial charge is 1.00 e. The topological polar surface area (TPSA) is 144 Å². The Kier molecular flexibility index (Phi) is 18.1. The maximum Gasteiger partial charge on any atom is 1.00 e. The molecule has 0 aliphatic carbocycles. The second-order valence-electron chi connectivity index (χ2n) is 6.19. The third kappa shape index (κ3) is 11.2. The SMILES string of the molecule is CCC/C=C(\[O-])CN(CCN(C(C)C(=O)O)C(C)C(=O)O)C(C)C(=O)[O-].[Li+].[Li+]. The molecule has 0 aromatic rings. The quantitative estimate of drug-likeness (QED) is 0.233. The number of carbonyl (C=O) groups is 3. The van der Waals surface area contributed by atoms with Crippen molar-refractivity contribution in [3.05, 3.63) is 11.8 Å². The molecule has 2 N–H and O–H groups in total. The van der Waals surface area contributed by atoms with Crippen LogP contribution in [0.15, 0.2) is 11.8 Å². The van der Waals surface area contributed by atoms with Crippen LogP contribution in [0.4, 0.5) is 0 Å². The molecule has 0 radical (unpaired) electrons. The standard InChI is InChI=1S/C17H30N2O7.2Li/c1-5-6-7-14(20)10-18(11(2)15(21)22)8-9-19(12(3)16(23)24)13(4)17(25)26;;/h7,11-13,20H,5-6,8-10H2,1-4H3,(H,21,22)(H,23,24)(H,25,26);;/q;2*+1/p-2/b14-7-;;. The van der Waals surface area contributed by atoms with Crippen LogP contribution in [-0.4, -0.2) is 75.7 Å². The Balaban J connectivity index is -0.00000312. The van der Waals surface area contributed by atoms with Gasteiger partial charge in [-0.15, -0.1) is 5.76 Å². The third-order valence-electron chi connectivity index (χ3n) is 4.26. The molecule has 0 amide bonds. The van der Waals surface area contributed by atoms with E-state index in [1.807, 2.05) is 6.92 Å². The molecule has 0 aliphatic rings. The van der Waals surface area contributed by atoms with E-state index in [-0.39, 0.29) is 63.1 Å². The first-order valence-corrected chi connectivity index (χ1v) is 8.55. The Morgan fingerprint density at radius 3 is 1.75 bits per heavy atom. The number of hydrogen-bond acceptors (Lipinski definition) is 7. The third-order valence-corrected chi connectivity index (χ3v) is 4.26. The van der Waals surface area contributed by atoms with Crippen molar-refractivity contribution in [1.82, 2.24) is 9.80 Å². The molecule has 0 aromatic carbocycles. The van der Waals surface area contributed by atoms with Crippen LogP contribution in [0.5, 0.6) is 0 Å². The molecule has 3 atom stereocenters. The van der Waals surface area contributed by atoms with Gasteiger partial charge in [0.15, 0.2) is 0 Å². The van der Waals surface area contributed by atoms with Gasteiger partial charge >= 0.3 is 49.7 Å². The molecule has 0 saturated carbocycles. The molecule has 0 rings (SSSR count). The van der Waals surface area contributed by atoms with E-state index in [0.717, 1.165) is 6.42 Å². The molecule has 0 spiro atoms. The molecular formula is C17H28Li2N2O7. The molecule has 11 heteroatoms. The zero-order valence-corrected chi connectivity index (χ0v) is 17.7. The van der Waals surface area contributed by atoms with Gasteiger partial charge in [-0.25, -0.2) is 0 Å². The van der Waals surface area contributed by atoms with E-state index in [0.29, 0.717) is 6.42 Å². The van der Waals surface area contributed by atoms with Crippen molar-refractivity contribution >= 4 is 17.9 Å². The molecule has 0 heterocycles. The molecule has 3 unspecified atom stereocenters. The summed E-state index contributed by atoms with van der Waals surface area (Å²) in [4.78, 5) is 36.3. The van der Waals surface area contributed by atoms with Crippen LogP contribution in [0.1, 0.15) is 40.5 Å². The van der Waals surface area contributed by atoms with Gasteiger partial charge in [0.05, 0.1) is 5.97 Å². The number of carboxylic acid groups (broad SMARTS) is 3. The van der Waals surface area contributed by atoms with Crippen LogP contribution < -0.4 is 47.9 Å². The van der Waals surface area contributed by atoms with Crippen LogP contribution >= 0.6 is 0 Å². The first-order valence-electron chi connectivity index (χ1n) is 8.55. The fraction of sp³-hybridized carbons (Fsp3) is 0.706. The predicted molar refractivity (Wildman–Crippen MR) is 89.9 cm³/mol. The minimum Gasteiger partial charge on any atom is -0.875 e. The fourth-order valence-electron chi connectivity index (χ4n) is 2.38. The molecule has 0 aliphatic heterocycles. The maximum atomic E-state index is 12.0. The van der Waals surface area contributed by atoms with E-state index < -0.39 is 36.0 Å². The summed E-state index contributed by atoms with van der Waals surface area (Å²) in [6.45, 7) is 5.81. The molecule has 9 nitrogen and oxygen atoms in total. The molecule has 28 heavy (non-hydrogen) atoms. The number of allylic oxidation sites excluding steroid dienone is 1. The Morgan fingerprint density at radius 2 is 1.39 bits per heavy atom. The van der Waals surface area contributed by atoms with Gasteiger partial charge in [0.2, 0.25) is 0 Å². The van der Waals surface area contributed by atoms with Crippen molar-refractivity contribution in [3.8, 4) is 0 Å². The summed E-state index contributed by atoms with van der Waals surface area (Å²) >= 11 is 0. The van der Waals surface area contributed by atoms with Crippen molar-refractivity contribution in [3.63, 3.8) is 0 Å². The monoisotopic (exact) mass is 386 g/mol. The van der Waals surface area contributed by atoms with Gasteiger partial charge in [0, 0.05) is 25.7 Å². The van der Waals surface area contributed by atoms with Gasteiger partial charge in [-0.05, 0) is 27.2 Å². The number of rotatable bonds is 13. The normalized spacial score (nSPS) is 14.6.